The van der Waals surface area contributed by atoms with Crippen LogP contribution in [0.2, 0.25) is 0 Å². The fourth-order valence-corrected chi connectivity index (χ4v) is 2.43. The lowest BCUT2D eigenvalue weighted by Gasteiger charge is -2.19. The summed E-state index contributed by atoms with van der Waals surface area (Å²) in [4.78, 5) is 11.6. The van der Waals surface area contributed by atoms with Gasteiger partial charge in [0, 0.05) is 5.56 Å². The number of carbonyl (C=O) groups is 1. The van der Waals surface area contributed by atoms with Crippen LogP contribution < -0.4 is 10.1 Å². The zero-order chi connectivity index (χ0) is 19.2. The van der Waals surface area contributed by atoms with Crippen molar-refractivity contribution in [2.24, 2.45) is 5.92 Å². The largest absolute Gasteiger partial charge is 0.473 e. The number of carbonyl (C=O) groups excluding carboxylic acids is 1. The number of amides is 1. The molecule has 0 atom stereocenters. The number of benzene rings is 1. The molecular weight excluding hydrogens is 368 g/mol. The zero-order valence-electron chi connectivity index (χ0n) is 16.6. The van der Waals surface area contributed by atoms with Crippen LogP contribution in [0.4, 0.5) is 4.79 Å². The molecule has 1 aromatic heterocycles. The van der Waals surface area contributed by atoms with Gasteiger partial charge >= 0.3 is 6.09 Å². The van der Waals surface area contributed by atoms with Gasteiger partial charge in [-0.2, -0.15) is 0 Å². The third-order valence-corrected chi connectivity index (χ3v) is 3.41. The van der Waals surface area contributed by atoms with E-state index in [0.29, 0.717) is 18.3 Å². The van der Waals surface area contributed by atoms with E-state index in [2.05, 4.69) is 24.3 Å². The topological polar surface area (TPSA) is 73.6 Å². The van der Waals surface area contributed by atoms with Crippen LogP contribution in [0.5, 0.6) is 5.88 Å². The lowest BCUT2D eigenvalue weighted by molar-refractivity contribution is 0.0519. The lowest BCUT2D eigenvalue weighted by Crippen LogP contribution is -2.34. The van der Waals surface area contributed by atoms with E-state index in [-0.39, 0.29) is 19.0 Å². The summed E-state index contributed by atoms with van der Waals surface area (Å²) in [6.07, 6.45) is 0.330. The van der Waals surface area contributed by atoms with Crippen molar-refractivity contribution in [3.05, 3.63) is 35.9 Å². The minimum Gasteiger partial charge on any atom is -0.473 e. The van der Waals surface area contributed by atoms with Gasteiger partial charge in [0.1, 0.15) is 12.2 Å². The molecule has 0 aliphatic rings. The van der Waals surface area contributed by atoms with Gasteiger partial charge in [-0.3, -0.25) is 0 Å². The Morgan fingerprint density at radius 1 is 1.22 bits per heavy atom. The molecule has 6 nitrogen and oxygen atoms in total. The maximum absolute atomic E-state index is 11.6. The Labute approximate surface area is 167 Å². The first kappa shape index (κ1) is 22.8. The predicted molar refractivity (Wildman–Crippen MR) is 107 cm³/mol. The van der Waals surface area contributed by atoms with Gasteiger partial charge in [0.15, 0.2) is 5.76 Å². The van der Waals surface area contributed by atoms with Crippen LogP contribution >= 0.6 is 12.4 Å². The summed E-state index contributed by atoms with van der Waals surface area (Å²) in [5.41, 5.74) is 1.40. The van der Waals surface area contributed by atoms with Crippen LogP contribution in [-0.4, -0.2) is 30.0 Å². The average Bonchev–Trinajstić information content (AvgIpc) is 2.93. The number of nitrogens with zero attached hydrogens (tertiary/aromatic N) is 1. The van der Waals surface area contributed by atoms with Crippen LogP contribution in [-0.2, 0) is 11.2 Å². The number of halogens is 1. The van der Waals surface area contributed by atoms with Crippen LogP contribution in [0.25, 0.3) is 11.3 Å². The van der Waals surface area contributed by atoms with Crippen molar-refractivity contribution >= 4 is 18.5 Å². The Balaban J connectivity index is 0.00000364. The van der Waals surface area contributed by atoms with Gasteiger partial charge < -0.3 is 19.3 Å². The van der Waals surface area contributed by atoms with Gasteiger partial charge in [-0.15, -0.1) is 12.4 Å². The van der Waals surface area contributed by atoms with Crippen LogP contribution in [0.1, 0.15) is 40.2 Å². The second-order valence-corrected chi connectivity index (χ2v) is 7.54. The zero-order valence-corrected chi connectivity index (χ0v) is 17.4. The summed E-state index contributed by atoms with van der Waals surface area (Å²) in [5, 5.41) is 6.74. The van der Waals surface area contributed by atoms with E-state index >= 15 is 0 Å². The van der Waals surface area contributed by atoms with Crippen molar-refractivity contribution in [1.82, 2.24) is 10.5 Å². The molecule has 1 N–H and O–H groups in total. The van der Waals surface area contributed by atoms with Crippen molar-refractivity contribution in [2.45, 2.75) is 46.6 Å². The standard InChI is InChI=1S/C20H28N2O4.ClH/c1-14(2)13-16-17(15-9-7-6-8-10-15)26-22-18(16)24-12-11-21-19(23)25-20(3,4)5;/h6-10,14H,11-13H2,1-5H3,(H,21,23);1H. The molecule has 2 aromatic rings. The molecule has 1 heterocycles. The molecule has 0 bridgehead atoms. The molecule has 2 rings (SSSR count). The highest BCUT2D eigenvalue weighted by Gasteiger charge is 2.20. The molecule has 27 heavy (non-hydrogen) atoms. The molecular formula is C20H29ClN2O4. The highest BCUT2D eigenvalue weighted by Crippen LogP contribution is 2.32. The molecule has 150 valence electrons. The molecule has 0 saturated carbocycles. The first-order valence-electron chi connectivity index (χ1n) is 8.90. The molecule has 0 unspecified atom stereocenters. The Morgan fingerprint density at radius 2 is 1.89 bits per heavy atom. The molecule has 1 amide bonds. The van der Waals surface area contributed by atoms with E-state index in [1.54, 1.807) is 0 Å². The van der Waals surface area contributed by atoms with E-state index in [1.165, 1.54) is 0 Å². The number of nitrogens with one attached hydrogen (secondary N) is 1. The smallest absolute Gasteiger partial charge is 0.407 e. The van der Waals surface area contributed by atoms with Gasteiger partial charge in [-0.05, 0) is 38.3 Å². The van der Waals surface area contributed by atoms with Crippen LogP contribution in [0, 0.1) is 5.92 Å². The van der Waals surface area contributed by atoms with E-state index < -0.39 is 11.7 Å². The predicted octanol–water partition coefficient (Wildman–Crippen LogP) is 4.87. The van der Waals surface area contributed by atoms with E-state index in [9.17, 15) is 4.79 Å². The van der Waals surface area contributed by atoms with Crippen molar-refractivity contribution in [2.75, 3.05) is 13.2 Å². The Bertz CT molecular complexity index is 709. The summed E-state index contributed by atoms with van der Waals surface area (Å²) < 4.78 is 16.5. The number of hydrogen-bond donors (Lipinski definition) is 1. The number of ether oxygens (including phenoxy) is 2. The number of alkyl carbamates (subject to hydrolysis) is 1. The van der Waals surface area contributed by atoms with Gasteiger partial charge in [0.25, 0.3) is 5.88 Å². The second kappa shape index (κ2) is 10.2. The quantitative estimate of drug-likeness (QED) is 0.676. The molecule has 7 heteroatoms. The molecule has 0 saturated heterocycles. The summed E-state index contributed by atoms with van der Waals surface area (Å²) in [6.45, 7) is 10.3. The monoisotopic (exact) mass is 396 g/mol. The first-order valence-corrected chi connectivity index (χ1v) is 8.90. The molecule has 0 aliphatic carbocycles. The van der Waals surface area contributed by atoms with Crippen molar-refractivity contribution in [1.29, 1.82) is 0 Å². The van der Waals surface area contributed by atoms with Crippen molar-refractivity contribution in [3.8, 4) is 17.2 Å². The Kier molecular flexibility index (Phi) is 8.63. The lowest BCUT2D eigenvalue weighted by atomic mass is 10.0. The van der Waals surface area contributed by atoms with E-state index in [0.717, 1.165) is 23.3 Å². The first-order chi connectivity index (χ1) is 12.3. The highest BCUT2D eigenvalue weighted by atomic mass is 35.5. The van der Waals surface area contributed by atoms with Gasteiger partial charge in [0.05, 0.1) is 12.1 Å². The molecule has 1 aromatic carbocycles. The Morgan fingerprint density at radius 3 is 2.48 bits per heavy atom. The number of aromatic nitrogens is 1. The third kappa shape index (κ3) is 7.51. The normalized spacial score (nSPS) is 11.0. The van der Waals surface area contributed by atoms with Gasteiger partial charge in [-0.25, -0.2) is 4.79 Å². The number of rotatable bonds is 7. The molecule has 0 aliphatic heterocycles. The summed E-state index contributed by atoms with van der Waals surface area (Å²) in [6, 6.07) is 9.85. The third-order valence-electron chi connectivity index (χ3n) is 3.41. The summed E-state index contributed by atoms with van der Waals surface area (Å²) in [5.74, 6) is 1.64. The number of hydrogen-bond acceptors (Lipinski definition) is 5. The highest BCUT2D eigenvalue weighted by molar-refractivity contribution is 5.85. The summed E-state index contributed by atoms with van der Waals surface area (Å²) >= 11 is 0. The van der Waals surface area contributed by atoms with Crippen LogP contribution in [0.15, 0.2) is 34.9 Å². The average molecular weight is 397 g/mol. The van der Waals surface area contributed by atoms with E-state index in [1.807, 2.05) is 51.1 Å². The molecule has 0 fully saturated rings. The maximum Gasteiger partial charge on any atom is 0.407 e. The van der Waals surface area contributed by atoms with Gasteiger partial charge in [-0.1, -0.05) is 44.2 Å². The minimum atomic E-state index is -0.522. The molecule has 0 radical (unpaired) electrons. The van der Waals surface area contributed by atoms with Crippen molar-refractivity contribution in [3.63, 3.8) is 0 Å². The SMILES string of the molecule is CC(C)Cc1c(OCCNC(=O)OC(C)(C)C)noc1-c1ccccc1.Cl. The molecule has 0 spiro atoms. The van der Waals surface area contributed by atoms with Gasteiger partial charge in [0.2, 0.25) is 0 Å². The Hall–Kier alpha value is -2.21. The second-order valence-electron chi connectivity index (χ2n) is 7.54. The maximum atomic E-state index is 11.6. The fraction of sp³-hybridized carbons (Fsp3) is 0.500. The van der Waals surface area contributed by atoms with E-state index in [4.69, 9.17) is 14.0 Å². The van der Waals surface area contributed by atoms with Crippen LogP contribution in [0.3, 0.4) is 0 Å². The minimum absolute atomic E-state index is 0. The van der Waals surface area contributed by atoms with Crippen molar-refractivity contribution < 1.29 is 18.8 Å². The fourth-order valence-electron chi connectivity index (χ4n) is 2.43. The summed E-state index contributed by atoms with van der Waals surface area (Å²) in [7, 11) is 0.